The van der Waals surface area contributed by atoms with E-state index in [1.807, 2.05) is 126 Å². The number of ether oxygens (including phenoxy) is 2. The number of rotatable bonds is 24. The molecule has 3 amide bonds. The Balaban J connectivity index is 0.798. The predicted molar refractivity (Wildman–Crippen MR) is 330 cm³/mol. The van der Waals surface area contributed by atoms with Crippen molar-refractivity contribution in [1.29, 1.82) is 5.26 Å². The minimum absolute atomic E-state index is 0.00282. The zero-order valence-electron chi connectivity index (χ0n) is 51.6. The molecule has 3 fully saturated rings. The van der Waals surface area contributed by atoms with Crippen LogP contribution in [0.2, 0.25) is 5.02 Å². The number of benzene rings is 3. The summed E-state index contributed by atoms with van der Waals surface area (Å²) < 4.78 is 18.3. The average molecular weight is 1200 g/mol. The van der Waals surface area contributed by atoms with Crippen LogP contribution in [0.1, 0.15) is 140 Å². The summed E-state index contributed by atoms with van der Waals surface area (Å²) in [5.74, 6) is -1.25. The monoisotopic (exact) mass is 1200 g/mol. The van der Waals surface area contributed by atoms with Crippen LogP contribution < -0.4 is 19.7 Å². The summed E-state index contributed by atoms with van der Waals surface area (Å²) in [6, 6.07) is 22.8. The lowest BCUT2D eigenvalue weighted by Gasteiger charge is -2.63. The highest BCUT2D eigenvalue weighted by molar-refractivity contribution is 7.13. The minimum Gasteiger partial charge on any atom is -0.489 e. The maximum atomic E-state index is 14.4. The molecule has 19 heteroatoms. The number of nitrogens with zero attached hydrogens (tertiary/aromatic N) is 7. The molecule has 3 aromatic carbocycles. The average Bonchev–Trinajstić information content (AvgIpc) is 1.34. The Morgan fingerprint density at radius 3 is 2.15 bits per heavy atom. The summed E-state index contributed by atoms with van der Waals surface area (Å²) in [7, 11) is 1.87. The van der Waals surface area contributed by atoms with Gasteiger partial charge in [0.2, 0.25) is 17.7 Å². The Bertz CT molecular complexity index is 3200. The number of likely N-dealkylation sites (N-methyl/N-ethyl adjacent to an activating group) is 1. The van der Waals surface area contributed by atoms with E-state index < -0.39 is 30.0 Å². The Hall–Kier alpha value is -6.65. The summed E-state index contributed by atoms with van der Waals surface area (Å²) in [5.41, 5.74) is 6.15. The third-order valence-electron chi connectivity index (χ3n) is 18.1. The van der Waals surface area contributed by atoms with Crippen molar-refractivity contribution in [1.82, 2.24) is 30.2 Å². The Kier molecular flexibility index (Phi) is 20.4. The summed E-state index contributed by atoms with van der Waals surface area (Å²) in [6.45, 7) is 26.9. The number of aliphatic hydroxyl groups excluding tert-OH is 1. The van der Waals surface area contributed by atoms with Gasteiger partial charge in [0.15, 0.2) is 17.3 Å². The molecule has 0 radical (unpaired) electrons. The van der Waals surface area contributed by atoms with Gasteiger partial charge in [-0.3, -0.25) is 28.9 Å². The summed E-state index contributed by atoms with van der Waals surface area (Å²) in [5, 5.41) is 27.6. The number of anilines is 1. The van der Waals surface area contributed by atoms with E-state index in [9.17, 15) is 34.3 Å². The second kappa shape index (κ2) is 26.9. The number of aliphatic hydroxyl groups is 1. The highest BCUT2D eigenvalue weighted by atomic mass is 35.5. The van der Waals surface area contributed by atoms with Gasteiger partial charge in [-0.05, 0) is 97.2 Å². The zero-order valence-corrected chi connectivity index (χ0v) is 53.1. The normalized spacial score (nSPS) is 20.7. The molecule has 0 bridgehead atoms. The van der Waals surface area contributed by atoms with Crippen LogP contribution in [0.15, 0.2) is 82.8 Å². The van der Waals surface area contributed by atoms with Crippen molar-refractivity contribution in [2.24, 2.45) is 40.4 Å². The van der Waals surface area contributed by atoms with Gasteiger partial charge in [-0.2, -0.15) is 5.26 Å². The van der Waals surface area contributed by atoms with Crippen molar-refractivity contribution in [3.63, 3.8) is 0 Å². The summed E-state index contributed by atoms with van der Waals surface area (Å²) >= 11 is 7.87. The molecule has 6 atom stereocenters. The van der Waals surface area contributed by atoms with Crippen molar-refractivity contribution in [2.75, 3.05) is 57.8 Å². The number of hydrogen-bond acceptors (Lipinski definition) is 15. The number of nitrogens with one attached hydrogen (secondary N) is 1. The zero-order chi connectivity index (χ0) is 61.8. The number of halogens is 1. The number of ketones is 2. The van der Waals surface area contributed by atoms with Crippen molar-refractivity contribution in [3.8, 4) is 28.1 Å². The quantitative estimate of drug-likeness (QED) is 0.0551. The molecule has 17 nitrogen and oxygen atoms in total. The van der Waals surface area contributed by atoms with E-state index in [2.05, 4.69) is 54.1 Å². The van der Waals surface area contributed by atoms with Crippen LogP contribution >= 0.6 is 22.9 Å². The topological polar surface area (TPSA) is 212 Å². The number of carbonyl (C=O) groups excluding carboxylic acids is 5. The maximum absolute atomic E-state index is 14.4. The van der Waals surface area contributed by atoms with Gasteiger partial charge in [-0.1, -0.05) is 105 Å². The first kappa shape index (κ1) is 64.4. The molecule has 5 aromatic rings. The van der Waals surface area contributed by atoms with Crippen LogP contribution in [0.4, 0.5) is 5.69 Å². The van der Waals surface area contributed by atoms with E-state index in [-0.39, 0.29) is 114 Å². The predicted octanol–water partition coefficient (Wildman–Crippen LogP) is 10.8. The van der Waals surface area contributed by atoms with Gasteiger partial charge in [0.25, 0.3) is 5.88 Å². The molecular formula is C66H85ClN8O9S. The lowest BCUT2D eigenvalue weighted by atomic mass is 9.44. The molecule has 4 heterocycles. The smallest absolute Gasteiger partial charge is 0.254 e. The van der Waals surface area contributed by atoms with Gasteiger partial charge >= 0.3 is 0 Å². The molecule has 1 aliphatic carbocycles. The maximum Gasteiger partial charge on any atom is 0.254 e. The third-order valence-corrected chi connectivity index (χ3v) is 19.3. The number of hydrogen-bond donors (Lipinski definition) is 2. The Labute approximate surface area is 510 Å². The van der Waals surface area contributed by atoms with Crippen molar-refractivity contribution in [3.05, 3.63) is 111 Å². The number of likely N-dealkylation sites (tertiary alicyclic amines) is 1. The van der Waals surface area contributed by atoms with Gasteiger partial charge in [-0.25, -0.2) is 4.98 Å². The molecule has 3 aliphatic rings. The first-order chi connectivity index (χ1) is 40.2. The van der Waals surface area contributed by atoms with Gasteiger partial charge in [0.1, 0.15) is 36.5 Å². The number of thiazole rings is 1. The van der Waals surface area contributed by atoms with E-state index in [0.29, 0.717) is 61.0 Å². The number of piperazine rings is 1. The molecule has 2 aliphatic heterocycles. The number of β-amino-alcohol motifs (C(OH)–C–C–N with tert-alkyl or cyclic N) is 1. The fourth-order valence-corrected chi connectivity index (χ4v) is 14.5. The molecule has 8 rings (SSSR count). The van der Waals surface area contributed by atoms with E-state index in [4.69, 9.17) is 25.6 Å². The van der Waals surface area contributed by atoms with Gasteiger partial charge in [0.05, 0.1) is 44.9 Å². The van der Waals surface area contributed by atoms with Crippen molar-refractivity contribution < 1.29 is 43.1 Å². The van der Waals surface area contributed by atoms with E-state index in [1.54, 1.807) is 35.6 Å². The first-order valence-electron chi connectivity index (χ1n) is 29.9. The SMILES string of the molecule is Cc1ncsc1-c1ccc([C@H](C)NC(=O)C2C[C@@H](O)CN2C(=O)C(c2cc(OCCN(C)[C@H](C(=O)CC(C(=O)N3CCN(c4ccc(C(=O)CC5C(C)(C)C(Oc6ccc(C#N)c(Cl)c6)C5(C)C)cc4)CC3)C(C)C)C(C)C)no2)C(C)C)cc1. The minimum atomic E-state index is -0.884. The lowest BCUT2D eigenvalue weighted by molar-refractivity contribution is -0.196. The highest BCUT2D eigenvalue weighted by Crippen LogP contribution is 2.62. The molecule has 2 aromatic heterocycles. The number of aromatic nitrogens is 2. The van der Waals surface area contributed by atoms with Gasteiger partial charge in [-0.15, -0.1) is 11.3 Å². The molecule has 2 N–H and O–H groups in total. The highest BCUT2D eigenvalue weighted by Gasteiger charge is 2.63. The van der Waals surface area contributed by atoms with Crippen LogP contribution in [0.5, 0.6) is 11.6 Å². The van der Waals surface area contributed by atoms with Crippen LogP contribution in [0, 0.1) is 58.7 Å². The second-order valence-electron chi connectivity index (χ2n) is 25.8. The standard InChI is InChI=1S/C66H85ClN8O9S/c1-38(2)50(62(80)74-26-24-73(25-27-74)47-21-18-44(19-22-47)53(77)33-56-65(9,10)64(66(56,11)12)83-49-23-20-46(35-68)51(67)31-49)32-54(78)59(40(5)6)72(13)28-29-82-57-34-55(84-71-57)58(39(3)4)63(81)75-36-48(76)30-52(75)61(79)70-41(7)43-14-16-45(17-15-43)60-42(8)69-37-85-60/h14-23,31,34,37-41,48,50,52,56,58-59,64,76H,24-30,32-33,36H2,1-13H3,(H,70,79)/t41-,48+,50?,52?,56?,58?,59-,64?/m0/s1. The van der Waals surface area contributed by atoms with E-state index in [0.717, 1.165) is 27.4 Å². The number of amides is 3. The third kappa shape index (κ3) is 14.3. The number of carbonyl (C=O) groups is 5. The largest absolute Gasteiger partial charge is 0.489 e. The van der Waals surface area contributed by atoms with E-state index in [1.165, 1.54) is 4.90 Å². The second-order valence-corrected chi connectivity index (χ2v) is 27.0. The Morgan fingerprint density at radius 2 is 1.56 bits per heavy atom. The number of aryl methyl sites for hydroxylation is 1. The van der Waals surface area contributed by atoms with Gasteiger partial charge in [0, 0.05) is 98.7 Å². The molecule has 1 saturated carbocycles. The van der Waals surface area contributed by atoms with E-state index >= 15 is 0 Å². The fourth-order valence-electron chi connectivity index (χ4n) is 13.5. The van der Waals surface area contributed by atoms with Crippen LogP contribution in [-0.4, -0.2) is 136 Å². The molecule has 456 valence electrons. The number of Topliss-reactive ketones (excluding diaryl/α,β-unsaturated/α-hetero) is 2. The van der Waals surface area contributed by atoms with Crippen LogP contribution in [0.25, 0.3) is 10.4 Å². The Morgan fingerprint density at radius 1 is 0.894 bits per heavy atom. The van der Waals surface area contributed by atoms with Crippen molar-refractivity contribution >= 4 is 57.9 Å². The fraction of sp³-hybridized carbons (Fsp3) is 0.545. The summed E-state index contributed by atoms with van der Waals surface area (Å²) in [6.07, 6.45) is -0.460. The first-order valence-corrected chi connectivity index (χ1v) is 31.1. The molecular weight excluding hydrogens is 1120 g/mol. The van der Waals surface area contributed by atoms with Gasteiger partial charge < -0.3 is 39.1 Å². The lowest BCUT2D eigenvalue weighted by Crippen LogP contribution is -2.66. The van der Waals surface area contributed by atoms with Crippen molar-refractivity contribution in [2.45, 2.75) is 139 Å². The summed E-state index contributed by atoms with van der Waals surface area (Å²) in [4.78, 5) is 83.5. The number of nitriles is 1. The molecule has 2 saturated heterocycles. The molecule has 3 unspecified atom stereocenters. The van der Waals surface area contributed by atoms with Crippen LogP contribution in [0.3, 0.4) is 0 Å². The molecule has 85 heavy (non-hydrogen) atoms. The molecule has 0 spiro atoms. The van der Waals surface area contributed by atoms with Crippen LogP contribution in [-0.2, 0) is 19.2 Å².